The predicted molar refractivity (Wildman–Crippen MR) is 116 cm³/mol. The number of nitro groups is 1. The highest BCUT2D eigenvalue weighted by Crippen LogP contribution is 2.35. The average molecular weight is 543 g/mol. The van der Waals surface area contributed by atoms with Gasteiger partial charge < -0.3 is 14.2 Å². The summed E-state index contributed by atoms with van der Waals surface area (Å²) in [6.07, 6.45) is 1.45. The van der Waals surface area contributed by atoms with Crippen LogP contribution in [0.3, 0.4) is 0 Å². The van der Waals surface area contributed by atoms with Crippen molar-refractivity contribution < 1.29 is 28.7 Å². The Labute approximate surface area is 188 Å². The lowest BCUT2D eigenvalue weighted by Gasteiger charge is -2.11. The van der Waals surface area contributed by atoms with E-state index in [0.29, 0.717) is 14.9 Å². The molecule has 1 aliphatic heterocycles. The minimum absolute atomic E-state index is 0.0364. The first kappa shape index (κ1) is 21.7. The van der Waals surface area contributed by atoms with Gasteiger partial charge in [-0.2, -0.15) is 0 Å². The molecule has 2 aromatic rings. The topological polar surface area (TPSA) is 117 Å². The molecule has 0 aliphatic carbocycles. The van der Waals surface area contributed by atoms with Gasteiger partial charge in [-0.1, -0.05) is 11.6 Å². The Morgan fingerprint density at radius 2 is 2.07 bits per heavy atom. The van der Waals surface area contributed by atoms with Crippen LogP contribution in [0.15, 0.2) is 41.0 Å². The van der Waals surface area contributed by atoms with Gasteiger partial charge in [-0.3, -0.25) is 14.9 Å². The van der Waals surface area contributed by atoms with Crippen LogP contribution in [0.4, 0.5) is 5.69 Å². The number of esters is 2. The zero-order valence-corrected chi connectivity index (χ0v) is 18.4. The van der Waals surface area contributed by atoms with Gasteiger partial charge in [-0.15, -0.1) is 0 Å². The van der Waals surface area contributed by atoms with Crippen LogP contribution < -0.4 is 9.47 Å². The van der Waals surface area contributed by atoms with Crippen LogP contribution in [0.1, 0.15) is 18.1 Å². The van der Waals surface area contributed by atoms with E-state index >= 15 is 0 Å². The Kier molecular flexibility index (Phi) is 6.37. The molecule has 3 rings (SSSR count). The summed E-state index contributed by atoms with van der Waals surface area (Å²) in [5.74, 6) is -0.834. The smallest absolute Gasteiger partial charge is 0.363 e. The summed E-state index contributed by atoms with van der Waals surface area (Å²) >= 11 is 8.05. The largest absolute Gasteiger partial charge is 0.493 e. The first-order chi connectivity index (χ1) is 14.2. The molecule has 0 saturated heterocycles. The molecule has 0 atom stereocenters. The van der Waals surface area contributed by atoms with E-state index in [-0.39, 0.29) is 33.6 Å². The van der Waals surface area contributed by atoms with E-state index < -0.39 is 16.9 Å². The quantitative estimate of drug-likeness (QED) is 0.139. The number of nitro benzene ring substituents is 1. The maximum absolute atomic E-state index is 12.3. The molecular formula is C19H12ClIN2O7. The van der Waals surface area contributed by atoms with Crippen molar-refractivity contribution in [2.75, 3.05) is 7.11 Å². The van der Waals surface area contributed by atoms with Crippen molar-refractivity contribution in [3.05, 3.63) is 65.9 Å². The Balaban J connectivity index is 2.01. The molecule has 0 amide bonds. The first-order valence-electron chi connectivity index (χ1n) is 8.22. The van der Waals surface area contributed by atoms with Crippen molar-refractivity contribution in [1.82, 2.24) is 0 Å². The van der Waals surface area contributed by atoms with Gasteiger partial charge in [0.1, 0.15) is 0 Å². The Bertz CT molecular complexity index is 1140. The highest BCUT2D eigenvalue weighted by Gasteiger charge is 2.27. The Hall–Kier alpha value is -2.99. The van der Waals surface area contributed by atoms with Crippen molar-refractivity contribution in [2.24, 2.45) is 4.99 Å². The minimum Gasteiger partial charge on any atom is -0.493 e. The minimum atomic E-state index is -0.745. The molecule has 9 nitrogen and oxygen atoms in total. The number of halogens is 2. The summed E-state index contributed by atoms with van der Waals surface area (Å²) in [6, 6.07) is 6.97. The normalized spacial score (nSPS) is 14.3. The molecule has 2 aromatic carbocycles. The summed E-state index contributed by atoms with van der Waals surface area (Å²) in [4.78, 5) is 38.1. The van der Waals surface area contributed by atoms with E-state index in [9.17, 15) is 19.7 Å². The predicted octanol–water partition coefficient (Wildman–Crippen LogP) is 4.13. The molecule has 1 heterocycles. The lowest BCUT2D eigenvalue weighted by atomic mass is 10.1. The van der Waals surface area contributed by atoms with Crippen molar-refractivity contribution in [3.63, 3.8) is 0 Å². The highest BCUT2D eigenvalue weighted by molar-refractivity contribution is 14.1. The van der Waals surface area contributed by atoms with Crippen LogP contribution in [0.5, 0.6) is 11.5 Å². The van der Waals surface area contributed by atoms with Gasteiger partial charge in [0.25, 0.3) is 5.69 Å². The second-order valence-electron chi connectivity index (χ2n) is 5.89. The standard InChI is InChI=1S/C19H12ClIN2O7/c1-9(24)29-17-14(21)5-10(7-16(17)28-2)6-15-19(25)30-18(22-15)12-8-11(23(26)27)3-4-13(12)20/h3-8H,1-2H3. The summed E-state index contributed by atoms with van der Waals surface area (Å²) < 4.78 is 16.1. The molecule has 30 heavy (non-hydrogen) atoms. The molecule has 0 spiro atoms. The number of non-ortho nitro benzene ring substituents is 1. The summed E-state index contributed by atoms with van der Waals surface area (Å²) in [6.45, 7) is 1.27. The molecular weight excluding hydrogens is 531 g/mol. The number of cyclic esters (lactones) is 1. The Morgan fingerprint density at radius 3 is 2.70 bits per heavy atom. The van der Waals surface area contributed by atoms with Gasteiger partial charge in [0, 0.05) is 19.1 Å². The third-order valence-electron chi connectivity index (χ3n) is 3.81. The van der Waals surface area contributed by atoms with Crippen molar-refractivity contribution in [2.45, 2.75) is 6.92 Å². The zero-order valence-electron chi connectivity index (χ0n) is 15.5. The maximum Gasteiger partial charge on any atom is 0.363 e. The molecule has 0 unspecified atom stereocenters. The van der Waals surface area contributed by atoms with Gasteiger partial charge >= 0.3 is 11.9 Å². The third kappa shape index (κ3) is 4.60. The second-order valence-corrected chi connectivity index (χ2v) is 7.45. The third-order valence-corrected chi connectivity index (χ3v) is 4.94. The second kappa shape index (κ2) is 8.79. The number of aliphatic imine (C=N–C) groups is 1. The number of hydrogen-bond acceptors (Lipinski definition) is 8. The fourth-order valence-corrected chi connectivity index (χ4v) is 3.47. The highest BCUT2D eigenvalue weighted by atomic mass is 127. The van der Waals surface area contributed by atoms with E-state index in [2.05, 4.69) is 4.99 Å². The van der Waals surface area contributed by atoms with E-state index in [0.717, 1.165) is 0 Å². The molecule has 0 bridgehead atoms. The van der Waals surface area contributed by atoms with Crippen LogP contribution in [0.25, 0.3) is 6.08 Å². The van der Waals surface area contributed by atoms with Crippen molar-refractivity contribution in [3.8, 4) is 11.5 Å². The monoisotopic (exact) mass is 542 g/mol. The SMILES string of the molecule is COc1cc(C=C2N=C(c3cc([N+](=O)[O-])ccc3Cl)OC2=O)cc(I)c1OC(C)=O. The van der Waals surface area contributed by atoms with E-state index in [1.807, 2.05) is 22.6 Å². The number of nitrogens with zero attached hydrogens (tertiary/aromatic N) is 2. The van der Waals surface area contributed by atoms with Crippen molar-refractivity contribution in [1.29, 1.82) is 0 Å². The van der Waals surface area contributed by atoms with Gasteiger partial charge in [0.2, 0.25) is 5.90 Å². The lowest BCUT2D eigenvalue weighted by Crippen LogP contribution is -2.06. The number of carbonyl (C=O) groups is 2. The van der Waals surface area contributed by atoms with Crippen LogP contribution in [0.2, 0.25) is 5.02 Å². The van der Waals surface area contributed by atoms with Crippen LogP contribution in [-0.4, -0.2) is 29.9 Å². The molecule has 11 heteroatoms. The molecule has 0 fully saturated rings. The number of methoxy groups -OCH3 is 1. The van der Waals surface area contributed by atoms with Crippen LogP contribution >= 0.6 is 34.2 Å². The molecule has 0 saturated carbocycles. The number of benzene rings is 2. The van der Waals surface area contributed by atoms with E-state index in [1.165, 1.54) is 38.3 Å². The lowest BCUT2D eigenvalue weighted by molar-refractivity contribution is -0.384. The summed E-state index contributed by atoms with van der Waals surface area (Å²) in [7, 11) is 1.42. The van der Waals surface area contributed by atoms with Gasteiger partial charge in [-0.25, -0.2) is 9.79 Å². The van der Waals surface area contributed by atoms with Gasteiger partial charge in [-0.05, 0) is 52.4 Å². The van der Waals surface area contributed by atoms with E-state index in [1.54, 1.807) is 12.1 Å². The molecule has 154 valence electrons. The maximum atomic E-state index is 12.3. The van der Waals surface area contributed by atoms with Gasteiger partial charge in [0.15, 0.2) is 17.2 Å². The number of carbonyl (C=O) groups excluding carboxylic acids is 2. The Morgan fingerprint density at radius 1 is 1.33 bits per heavy atom. The summed E-state index contributed by atoms with van der Waals surface area (Å²) in [5.41, 5.74) is 0.408. The van der Waals surface area contributed by atoms with Crippen LogP contribution in [-0.2, 0) is 14.3 Å². The molecule has 0 aromatic heterocycles. The number of hydrogen-bond donors (Lipinski definition) is 0. The fourth-order valence-electron chi connectivity index (χ4n) is 2.54. The molecule has 0 N–H and O–H groups in total. The van der Waals surface area contributed by atoms with Crippen LogP contribution in [0, 0.1) is 13.7 Å². The zero-order chi connectivity index (χ0) is 22.0. The fraction of sp³-hybridized carbons (Fsp3) is 0.105. The first-order valence-corrected chi connectivity index (χ1v) is 9.68. The number of rotatable bonds is 5. The van der Waals surface area contributed by atoms with Crippen molar-refractivity contribution >= 4 is 63.8 Å². The molecule has 0 radical (unpaired) electrons. The molecule has 1 aliphatic rings. The van der Waals surface area contributed by atoms with Gasteiger partial charge in [0.05, 0.1) is 26.2 Å². The summed E-state index contributed by atoms with van der Waals surface area (Å²) in [5, 5.41) is 11.1. The van der Waals surface area contributed by atoms with E-state index in [4.69, 9.17) is 25.8 Å². The number of ether oxygens (including phenoxy) is 3. The average Bonchev–Trinajstić information content (AvgIpc) is 3.03.